The van der Waals surface area contributed by atoms with Crippen molar-refractivity contribution in [1.82, 2.24) is 4.98 Å². The molecule has 0 amide bonds. The van der Waals surface area contributed by atoms with E-state index in [1.807, 2.05) is 61.7 Å². The van der Waals surface area contributed by atoms with Crippen molar-refractivity contribution in [2.75, 3.05) is 19.6 Å². The molecule has 6 nitrogen and oxygen atoms in total. The van der Waals surface area contributed by atoms with E-state index in [9.17, 15) is 0 Å². The highest BCUT2D eigenvalue weighted by atomic mass is 32.1. The number of rotatable bonds is 8. The molecule has 0 unspecified atom stereocenters. The molecular formula is C21H23N3O3S. The second kappa shape index (κ2) is 9.23. The van der Waals surface area contributed by atoms with Gasteiger partial charge in [0.2, 0.25) is 5.13 Å². The van der Waals surface area contributed by atoms with E-state index in [4.69, 9.17) is 14.2 Å². The first kappa shape index (κ1) is 19.7. The number of hydrogen-bond donors (Lipinski definition) is 1. The number of nitrogens with zero attached hydrogens (tertiary/aromatic N) is 2. The Hall–Kier alpha value is -3.06. The lowest BCUT2D eigenvalue weighted by molar-refractivity contribution is 0.230. The van der Waals surface area contributed by atoms with Crippen LogP contribution in [0.4, 0.5) is 5.13 Å². The summed E-state index contributed by atoms with van der Waals surface area (Å²) in [4.78, 5) is 4.56. The normalized spacial score (nSPS) is 11.0. The first-order chi connectivity index (χ1) is 13.6. The average molecular weight is 398 g/mol. The van der Waals surface area contributed by atoms with Crippen LogP contribution in [-0.2, 0) is 0 Å². The van der Waals surface area contributed by atoms with Crippen LogP contribution in [0.15, 0.2) is 52.9 Å². The van der Waals surface area contributed by atoms with Gasteiger partial charge in [0.15, 0.2) is 11.5 Å². The third kappa shape index (κ3) is 5.01. The van der Waals surface area contributed by atoms with Crippen molar-refractivity contribution in [1.29, 1.82) is 0 Å². The van der Waals surface area contributed by atoms with Gasteiger partial charge in [-0.3, -0.25) is 5.43 Å². The lowest BCUT2D eigenvalue weighted by atomic mass is 10.2. The minimum absolute atomic E-state index is 0.0832. The molecule has 0 aliphatic carbocycles. The Morgan fingerprint density at radius 2 is 1.82 bits per heavy atom. The number of methoxy groups -OCH3 is 2. The van der Waals surface area contributed by atoms with E-state index in [1.165, 1.54) is 11.3 Å². The molecule has 146 valence electrons. The van der Waals surface area contributed by atoms with Gasteiger partial charge in [0, 0.05) is 10.9 Å². The molecule has 7 heteroatoms. The molecule has 0 bridgehead atoms. The Morgan fingerprint density at radius 3 is 2.50 bits per heavy atom. The highest BCUT2D eigenvalue weighted by Gasteiger charge is 2.07. The average Bonchev–Trinajstić information content (AvgIpc) is 3.17. The van der Waals surface area contributed by atoms with Crippen LogP contribution in [0.3, 0.4) is 0 Å². The summed E-state index contributed by atoms with van der Waals surface area (Å²) in [5, 5.41) is 6.97. The van der Waals surface area contributed by atoms with Crippen LogP contribution in [-0.4, -0.2) is 31.5 Å². The van der Waals surface area contributed by atoms with Crippen LogP contribution in [0.25, 0.3) is 11.3 Å². The van der Waals surface area contributed by atoms with Gasteiger partial charge in [-0.25, -0.2) is 4.98 Å². The molecule has 0 saturated heterocycles. The predicted molar refractivity (Wildman–Crippen MR) is 114 cm³/mol. The fourth-order valence-corrected chi connectivity index (χ4v) is 3.17. The fraction of sp³-hybridized carbons (Fsp3) is 0.238. The number of thiazole rings is 1. The van der Waals surface area contributed by atoms with Crippen molar-refractivity contribution in [3.63, 3.8) is 0 Å². The Bertz CT molecular complexity index is 936. The van der Waals surface area contributed by atoms with Gasteiger partial charge in [0.25, 0.3) is 0 Å². The molecule has 3 rings (SSSR count). The maximum Gasteiger partial charge on any atom is 0.203 e. The first-order valence-electron chi connectivity index (χ1n) is 8.82. The summed E-state index contributed by atoms with van der Waals surface area (Å²) in [6.07, 6.45) is 1.80. The zero-order valence-electron chi connectivity index (χ0n) is 16.3. The van der Waals surface area contributed by atoms with Crippen LogP contribution in [0, 0.1) is 0 Å². The number of nitrogens with one attached hydrogen (secondary N) is 1. The summed E-state index contributed by atoms with van der Waals surface area (Å²) in [5.74, 6) is 2.21. The zero-order chi connectivity index (χ0) is 19.9. The SMILES string of the molecule is COc1ccc(-c2csc(N/N=C\c3ccc(OC(C)C)c(OC)c3)n2)cc1. The molecule has 0 saturated carbocycles. The molecule has 0 atom stereocenters. The van der Waals surface area contributed by atoms with E-state index < -0.39 is 0 Å². The first-order valence-corrected chi connectivity index (χ1v) is 9.70. The van der Waals surface area contributed by atoms with Gasteiger partial charge in [-0.05, 0) is 61.9 Å². The maximum absolute atomic E-state index is 5.72. The smallest absolute Gasteiger partial charge is 0.203 e. The molecule has 2 aromatic carbocycles. The van der Waals surface area contributed by atoms with Crippen molar-refractivity contribution in [2.45, 2.75) is 20.0 Å². The van der Waals surface area contributed by atoms with Crippen molar-refractivity contribution in [3.05, 3.63) is 53.4 Å². The number of ether oxygens (including phenoxy) is 3. The maximum atomic E-state index is 5.72. The number of hydrogen-bond acceptors (Lipinski definition) is 7. The Morgan fingerprint density at radius 1 is 1.04 bits per heavy atom. The Labute approximate surface area is 168 Å². The van der Waals surface area contributed by atoms with Gasteiger partial charge in [0.05, 0.1) is 32.2 Å². The lowest BCUT2D eigenvalue weighted by Gasteiger charge is -2.13. The quantitative estimate of drug-likeness (QED) is 0.425. The summed E-state index contributed by atoms with van der Waals surface area (Å²) in [7, 11) is 3.27. The monoisotopic (exact) mass is 397 g/mol. The predicted octanol–water partition coefficient (Wildman–Crippen LogP) is 5.06. The van der Waals surface area contributed by atoms with Crippen molar-refractivity contribution >= 4 is 22.7 Å². The summed E-state index contributed by atoms with van der Waals surface area (Å²) in [5.41, 5.74) is 5.78. The minimum Gasteiger partial charge on any atom is -0.497 e. The van der Waals surface area contributed by atoms with Crippen LogP contribution >= 0.6 is 11.3 Å². The number of hydrazone groups is 1. The van der Waals surface area contributed by atoms with Gasteiger partial charge < -0.3 is 14.2 Å². The standard InChI is InChI=1S/C21H23N3O3S/c1-14(2)27-19-10-5-15(11-20(19)26-4)12-22-24-21-23-18(13-28-21)16-6-8-17(25-3)9-7-16/h5-14H,1-4H3,(H,23,24)/b22-12-. The highest BCUT2D eigenvalue weighted by Crippen LogP contribution is 2.29. The van der Waals surface area contributed by atoms with Crippen LogP contribution < -0.4 is 19.6 Å². The third-order valence-electron chi connectivity index (χ3n) is 3.81. The molecule has 0 aliphatic heterocycles. The topological polar surface area (TPSA) is 65.0 Å². The third-order valence-corrected chi connectivity index (χ3v) is 4.56. The van der Waals surface area contributed by atoms with Crippen molar-refractivity contribution < 1.29 is 14.2 Å². The van der Waals surface area contributed by atoms with E-state index in [1.54, 1.807) is 20.4 Å². The van der Waals surface area contributed by atoms with Gasteiger partial charge in [-0.2, -0.15) is 5.10 Å². The molecule has 3 aromatic rings. The summed E-state index contributed by atoms with van der Waals surface area (Å²) >= 11 is 1.49. The fourth-order valence-electron chi connectivity index (χ4n) is 2.50. The second-order valence-corrected chi connectivity index (χ2v) is 7.07. The largest absolute Gasteiger partial charge is 0.497 e. The van der Waals surface area contributed by atoms with Crippen molar-refractivity contribution in [3.8, 4) is 28.5 Å². The molecular weight excluding hydrogens is 374 g/mol. The molecule has 0 spiro atoms. The minimum atomic E-state index is 0.0832. The van der Waals surface area contributed by atoms with Gasteiger partial charge in [-0.1, -0.05) is 0 Å². The van der Waals surface area contributed by atoms with Gasteiger partial charge >= 0.3 is 0 Å². The van der Waals surface area contributed by atoms with E-state index in [0.717, 1.165) is 22.6 Å². The molecule has 0 aliphatic rings. The zero-order valence-corrected chi connectivity index (χ0v) is 17.1. The molecule has 0 radical (unpaired) electrons. The highest BCUT2D eigenvalue weighted by molar-refractivity contribution is 7.14. The number of anilines is 1. The summed E-state index contributed by atoms with van der Waals surface area (Å²) in [6, 6.07) is 13.5. The molecule has 1 aromatic heterocycles. The molecule has 0 fully saturated rings. The summed E-state index contributed by atoms with van der Waals surface area (Å²) < 4.78 is 16.3. The number of aromatic nitrogens is 1. The molecule has 1 N–H and O–H groups in total. The van der Waals surface area contributed by atoms with E-state index in [2.05, 4.69) is 15.5 Å². The number of benzene rings is 2. The molecule has 1 heterocycles. The lowest BCUT2D eigenvalue weighted by Crippen LogP contribution is -2.06. The van der Waals surface area contributed by atoms with E-state index >= 15 is 0 Å². The van der Waals surface area contributed by atoms with Gasteiger partial charge in [0.1, 0.15) is 5.75 Å². The van der Waals surface area contributed by atoms with E-state index in [-0.39, 0.29) is 6.10 Å². The Balaban J connectivity index is 1.65. The Kier molecular flexibility index (Phi) is 6.49. The van der Waals surface area contributed by atoms with Crippen LogP contribution in [0.1, 0.15) is 19.4 Å². The van der Waals surface area contributed by atoms with Crippen molar-refractivity contribution in [2.24, 2.45) is 5.10 Å². The van der Waals surface area contributed by atoms with E-state index in [0.29, 0.717) is 16.6 Å². The van der Waals surface area contributed by atoms with Gasteiger partial charge in [-0.15, -0.1) is 11.3 Å². The van der Waals surface area contributed by atoms with Crippen LogP contribution in [0.5, 0.6) is 17.2 Å². The summed E-state index contributed by atoms with van der Waals surface area (Å²) in [6.45, 7) is 3.96. The molecule has 28 heavy (non-hydrogen) atoms. The van der Waals surface area contributed by atoms with Crippen LogP contribution in [0.2, 0.25) is 0 Å². The second-order valence-electron chi connectivity index (χ2n) is 6.21.